The Bertz CT molecular complexity index is 32.3. The first kappa shape index (κ1) is 12.4. The molecular weight excluding hydrogens is 333 g/mol. The van der Waals surface area contributed by atoms with Crippen LogP contribution < -0.4 is 0 Å². The van der Waals surface area contributed by atoms with Crippen molar-refractivity contribution in [1.29, 1.82) is 0 Å². The molecule has 0 bridgehead atoms. The second kappa shape index (κ2) is 8.74. The predicted molar refractivity (Wildman–Crippen MR) is 36.2 cm³/mol. The predicted octanol–water partition coefficient (Wildman–Crippen LogP) is 3.13. The van der Waals surface area contributed by atoms with E-state index in [-0.39, 0.29) is 4.84 Å². The Hall–Kier alpha value is 1.74. The fourth-order valence-corrected chi connectivity index (χ4v) is 0. The van der Waals surface area contributed by atoms with Crippen molar-refractivity contribution < 1.29 is 23.2 Å². The van der Waals surface area contributed by atoms with Crippen LogP contribution in [-0.2, 0) is 23.2 Å². The van der Waals surface area contributed by atoms with E-state index in [9.17, 15) is 0 Å². The van der Waals surface area contributed by atoms with E-state index >= 15 is 0 Å². The molecule has 0 aromatic carbocycles. The molecule has 0 atom stereocenters. The molecule has 0 aromatic rings. The quantitative estimate of drug-likeness (QED) is 0.508. The van der Waals surface area contributed by atoms with Crippen molar-refractivity contribution >= 4 is 31.8 Å². The average molecular weight is 341 g/mol. The maximum atomic E-state index is 5.38. The van der Waals surface area contributed by atoms with Crippen LogP contribution in [0.1, 0.15) is 13.8 Å². The van der Waals surface area contributed by atoms with Crippen LogP contribution >= 0.6 is 31.8 Å². The van der Waals surface area contributed by atoms with E-state index in [1.165, 1.54) is 0 Å². The second-order valence-corrected chi connectivity index (χ2v) is 2.74. The van der Waals surface area contributed by atoms with E-state index < -0.39 is 0 Å². The van der Waals surface area contributed by atoms with E-state index in [2.05, 4.69) is 0 Å². The summed E-state index contributed by atoms with van der Waals surface area (Å²) in [5.74, 6) is 0.383. The van der Waals surface area contributed by atoms with Gasteiger partial charge in [0, 0.05) is 0 Å². The van der Waals surface area contributed by atoms with E-state index in [1.54, 1.807) is 0 Å². The van der Waals surface area contributed by atoms with Crippen LogP contribution in [0, 0.1) is 5.92 Å². The zero-order valence-corrected chi connectivity index (χ0v) is 10.6. The van der Waals surface area contributed by atoms with Gasteiger partial charge in [0.1, 0.15) is 4.84 Å². The Kier molecular flexibility index (Phi) is 13.6. The molecule has 0 N–H and O–H groups in total. The first-order valence-corrected chi connectivity index (χ1v) is 7.44. The number of halogens is 3. The van der Waals surface area contributed by atoms with Gasteiger partial charge in [-0.2, -0.15) is 0 Å². The molecule has 0 aliphatic heterocycles. The molecule has 49 valence electrons. The van der Waals surface area contributed by atoms with Gasteiger partial charge in [-0.1, -0.05) is 13.8 Å². The number of hydrogen-bond acceptors (Lipinski definition) is 0. The van der Waals surface area contributed by atoms with Crippen molar-refractivity contribution in [2.24, 2.45) is 5.92 Å². The molecular formula is C4H8Cl3Hf. The van der Waals surface area contributed by atoms with Crippen LogP contribution in [0.5, 0.6) is 0 Å². The first-order chi connectivity index (χ1) is 3.64. The van der Waals surface area contributed by atoms with Gasteiger partial charge in [0.2, 0.25) is 0 Å². The first-order valence-electron chi connectivity index (χ1n) is 2.11. The van der Waals surface area contributed by atoms with Gasteiger partial charge in [-0.3, -0.25) is 0 Å². The van der Waals surface area contributed by atoms with Gasteiger partial charge in [-0.25, -0.2) is 0 Å². The summed E-state index contributed by atoms with van der Waals surface area (Å²) >= 11 is 11.5. The third kappa shape index (κ3) is 10.7. The standard InChI is InChI=1S/C4H8Cl2.ClH.Hf/c1-3(2)4(5)6;;/h3-4H,1-2H3;1H;/q;;+1/p-1. The van der Waals surface area contributed by atoms with Crippen molar-refractivity contribution in [2.75, 3.05) is 0 Å². The second-order valence-electron chi connectivity index (χ2n) is 1.58. The Morgan fingerprint density at radius 3 is 1.25 bits per heavy atom. The van der Waals surface area contributed by atoms with Crippen molar-refractivity contribution in [3.05, 3.63) is 0 Å². The molecule has 0 aliphatic carbocycles. The minimum absolute atomic E-state index is 0.204. The molecule has 0 aromatic heterocycles. The summed E-state index contributed by atoms with van der Waals surface area (Å²) in [6.45, 7) is 3.95. The fourth-order valence-electron chi connectivity index (χ4n) is 0. The van der Waals surface area contributed by atoms with Crippen molar-refractivity contribution in [1.82, 2.24) is 0 Å². The average Bonchev–Trinajstić information content (AvgIpc) is 1.72. The minimum atomic E-state index is -0.204. The van der Waals surface area contributed by atoms with Gasteiger partial charge in [-0.15, -0.1) is 23.2 Å². The van der Waals surface area contributed by atoms with Crippen LogP contribution in [-0.4, -0.2) is 4.84 Å². The molecule has 0 spiro atoms. The van der Waals surface area contributed by atoms with Crippen molar-refractivity contribution in [2.45, 2.75) is 18.7 Å². The molecule has 0 heterocycles. The third-order valence-electron chi connectivity index (χ3n) is 0.504. The zero-order valence-electron chi connectivity index (χ0n) is 4.79. The van der Waals surface area contributed by atoms with Gasteiger partial charge >= 0.3 is 31.8 Å². The Labute approximate surface area is 79.0 Å². The number of rotatable bonds is 1. The van der Waals surface area contributed by atoms with Crippen LogP contribution in [0.4, 0.5) is 0 Å². The molecule has 0 amide bonds. The molecule has 0 aliphatic rings. The van der Waals surface area contributed by atoms with Gasteiger partial charge < -0.3 is 0 Å². The van der Waals surface area contributed by atoms with Crippen LogP contribution in [0.25, 0.3) is 0 Å². The number of alkyl halides is 2. The maximum absolute atomic E-state index is 5.38. The van der Waals surface area contributed by atoms with Crippen molar-refractivity contribution in [3.8, 4) is 0 Å². The molecule has 0 rings (SSSR count). The normalized spacial score (nSPS) is 8.75. The SMILES string of the molecule is CC(C)C(Cl)Cl.[Cl][Hf]. The molecule has 0 saturated carbocycles. The molecule has 8 heavy (non-hydrogen) atoms. The summed E-state index contributed by atoms with van der Waals surface area (Å²) in [6.07, 6.45) is 0. The monoisotopic (exact) mass is 341 g/mol. The summed E-state index contributed by atoms with van der Waals surface area (Å²) in [7, 11) is 4.78. The molecule has 0 saturated heterocycles. The summed E-state index contributed by atoms with van der Waals surface area (Å²) in [6, 6.07) is 0. The molecule has 0 fully saturated rings. The Morgan fingerprint density at radius 1 is 1.12 bits per heavy atom. The fraction of sp³-hybridized carbons (Fsp3) is 1.00. The topological polar surface area (TPSA) is 0 Å². The van der Waals surface area contributed by atoms with E-state index in [4.69, 9.17) is 31.8 Å². The van der Waals surface area contributed by atoms with Gasteiger partial charge in [-0.05, 0) is 5.92 Å². The van der Waals surface area contributed by atoms with Crippen LogP contribution in [0.3, 0.4) is 0 Å². The third-order valence-corrected chi connectivity index (χ3v) is 1.51. The molecule has 0 radical (unpaired) electrons. The summed E-state index contributed by atoms with van der Waals surface area (Å²) in [5.41, 5.74) is 0. The van der Waals surface area contributed by atoms with Crippen molar-refractivity contribution in [3.63, 3.8) is 0 Å². The van der Waals surface area contributed by atoms with Gasteiger partial charge in [0.15, 0.2) is 0 Å². The zero-order chi connectivity index (χ0) is 7.15. The number of hydrogen-bond donors (Lipinski definition) is 0. The summed E-state index contributed by atoms with van der Waals surface area (Å²) < 4.78 is 0. The molecule has 4 heteroatoms. The van der Waals surface area contributed by atoms with Gasteiger partial charge in [0.25, 0.3) is 0 Å². The Morgan fingerprint density at radius 2 is 1.25 bits per heavy atom. The molecule has 0 nitrogen and oxygen atoms in total. The van der Waals surface area contributed by atoms with E-state index in [0.29, 0.717) is 5.92 Å². The summed E-state index contributed by atoms with van der Waals surface area (Å²) in [5, 5.41) is 0. The van der Waals surface area contributed by atoms with Crippen LogP contribution in [0.15, 0.2) is 0 Å². The van der Waals surface area contributed by atoms with E-state index in [0.717, 1.165) is 23.2 Å². The Balaban J connectivity index is 0. The van der Waals surface area contributed by atoms with Gasteiger partial charge in [0.05, 0.1) is 0 Å². The van der Waals surface area contributed by atoms with Crippen LogP contribution in [0.2, 0.25) is 0 Å². The molecule has 0 unspecified atom stereocenters. The summed E-state index contributed by atoms with van der Waals surface area (Å²) in [4.78, 5) is -0.204. The van der Waals surface area contributed by atoms with E-state index in [1.807, 2.05) is 13.8 Å².